The van der Waals surface area contributed by atoms with Crippen LogP contribution in [0.3, 0.4) is 0 Å². The summed E-state index contributed by atoms with van der Waals surface area (Å²) in [5, 5.41) is 9.99. The van der Waals surface area contributed by atoms with Gasteiger partial charge < -0.3 is 25.8 Å². The molecule has 0 saturated carbocycles. The van der Waals surface area contributed by atoms with E-state index in [1.54, 1.807) is 0 Å². The van der Waals surface area contributed by atoms with E-state index in [1.807, 2.05) is 0 Å². The van der Waals surface area contributed by atoms with Gasteiger partial charge in [0.05, 0.1) is 6.61 Å². The maximum absolute atomic E-state index is 12.1. The summed E-state index contributed by atoms with van der Waals surface area (Å²) < 4.78 is 5.46. The van der Waals surface area contributed by atoms with Gasteiger partial charge in [0.15, 0.2) is 0 Å². The summed E-state index contributed by atoms with van der Waals surface area (Å²) in [6, 6.07) is 0. The summed E-state index contributed by atoms with van der Waals surface area (Å²) >= 11 is 0. The van der Waals surface area contributed by atoms with E-state index in [-0.39, 0.29) is 18.1 Å². The molecule has 9 heteroatoms. The molecule has 0 radical (unpaired) electrons. The van der Waals surface area contributed by atoms with E-state index in [1.165, 1.54) is 173 Å². The third-order valence-corrected chi connectivity index (χ3v) is 11.8. The summed E-state index contributed by atoms with van der Waals surface area (Å²) in [7, 11) is 0. The molecule has 0 amide bonds. The Morgan fingerprint density at radius 1 is 0.586 bits per heavy atom. The van der Waals surface area contributed by atoms with Gasteiger partial charge in [0.25, 0.3) is 17.3 Å². The molecule has 0 aliphatic rings. The molecule has 58 heavy (non-hydrogen) atoms. The third-order valence-electron chi connectivity index (χ3n) is 11.8. The summed E-state index contributed by atoms with van der Waals surface area (Å²) in [6.07, 6.45) is 43.4. The van der Waals surface area contributed by atoms with Crippen molar-refractivity contribution in [3.8, 4) is 0 Å². The molecule has 0 spiro atoms. The average molecular weight is 820 g/mol. The van der Waals surface area contributed by atoms with Gasteiger partial charge in [-0.2, -0.15) is 0 Å². The van der Waals surface area contributed by atoms with E-state index < -0.39 is 10.9 Å². The Morgan fingerprint density at radius 3 is 1.41 bits per heavy atom. The van der Waals surface area contributed by atoms with Gasteiger partial charge in [-0.3, -0.25) is 19.2 Å². The Kier molecular flexibility index (Phi) is 40.9. The van der Waals surface area contributed by atoms with Crippen LogP contribution < -0.4 is 21.9 Å². The zero-order chi connectivity index (χ0) is 42.7. The van der Waals surface area contributed by atoms with Crippen molar-refractivity contribution in [3.05, 3.63) is 20.4 Å². The van der Waals surface area contributed by atoms with Crippen LogP contribution in [0.5, 0.6) is 0 Å². The van der Waals surface area contributed by atoms with E-state index in [0.29, 0.717) is 25.3 Å². The van der Waals surface area contributed by atoms with Crippen molar-refractivity contribution >= 4 is 23.8 Å². The highest BCUT2D eigenvalue weighted by molar-refractivity contribution is 5.71. The Morgan fingerprint density at radius 2 is 0.966 bits per heavy atom. The number of nitrogens with zero attached hydrogens (tertiary/aromatic N) is 1. The maximum Gasteiger partial charge on any atom is 0.305 e. The van der Waals surface area contributed by atoms with Crippen molar-refractivity contribution in [2.75, 3.05) is 43.8 Å². The van der Waals surface area contributed by atoms with Gasteiger partial charge in [-0.1, -0.05) is 201 Å². The Labute approximate surface area is 356 Å². The lowest BCUT2D eigenvalue weighted by molar-refractivity contribution is -0.143. The molecule has 0 unspecified atom stereocenters. The molecule has 0 aliphatic carbocycles. The van der Waals surface area contributed by atoms with Crippen LogP contribution >= 0.6 is 0 Å². The third kappa shape index (κ3) is 33.4. The largest absolute Gasteiger partial charge is 0.483 e. The zero-order valence-corrected chi connectivity index (χ0v) is 38.2. The Balaban J connectivity index is 0.0000105. The number of unbranched alkanes of at least 4 members (excludes halogenated alkanes) is 24. The molecular weight excluding hydrogens is 727 g/mol. The predicted octanol–water partition coefficient (Wildman–Crippen LogP) is 12.8. The van der Waals surface area contributed by atoms with Crippen molar-refractivity contribution in [1.82, 2.24) is 4.90 Å². The second-order valence-corrected chi connectivity index (χ2v) is 17.1. The van der Waals surface area contributed by atoms with Gasteiger partial charge in [-0.25, -0.2) is 0 Å². The van der Waals surface area contributed by atoms with E-state index >= 15 is 0 Å². The number of nitrogens with one attached hydrogen (secondary N) is 1. The fourth-order valence-corrected chi connectivity index (χ4v) is 8.05. The number of anilines is 2. The fourth-order valence-electron chi connectivity index (χ4n) is 8.05. The molecule has 340 valence electrons. The number of hydrogen-bond donors (Lipinski definition) is 3. The molecular formula is C49H93N3O6. The van der Waals surface area contributed by atoms with E-state index in [2.05, 4.69) is 31.0 Å². The predicted molar refractivity (Wildman–Crippen MR) is 248 cm³/mol. The SMILES string of the molecule is CCCCCCCCCOC(=O)CCCCCCCN(CCCCCCCC(CCCCCCCC)CCCCCCCC)CCCNc1c(N)c(=O)c1=O.O=CO. The smallest absolute Gasteiger partial charge is 0.305 e. The molecule has 0 bridgehead atoms. The van der Waals surface area contributed by atoms with Gasteiger partial charge in [-0.05, 0) is 57.7 Å². The Bertz CT molecular complexity index is 1100. The number of carbonyl (C=O) groups excluding carboxylic acids is 1. The van der Waals surface area contributed by atoms with Crippen LogP contribution in [-0.4, -0.2) is 55.2 Å². The first-order valence-electron chi connectivity index (χ1n) is 24.6. The molecule has 0 aromatic heterocycles. The first-order valence-corrected chi connectivity index (χ1v) is 24.6. The average Bonchev–Trinajstić information content (AvgIpc) is 3.22. The molecule has 4 N–H and O–H groups in total. The number of carbonyl (C=O) groups is 2. The van der Waals surface area contributed by atoms with Crippen molar-refractivity contribution in [1.29, 1.82) is 0 Å². The van der Waals surface area contributed by atoms with Gasteiger partial charge >= 0.3 is 5.97 Å². The zero-order valence-electron chi connectivity index (χ0n) is 38.2. The molecule has 0 aliphatic heterocycles. The summed E-state index contributed by atoms with van der Waals surface area (Å²) in [5.74, 6) is 0.909. The van der Waals surface area contributed by atoms with Crippen LogP contribution in [-0.2, 0) is 14.3 Å². The molecule has 1 aromatic carbocycles. The second kappa shape index (κ2) is 42.7. The normalized spacial score (nSPS) is 11.3. The number of carboxylic acid groups (broad SMARTS) is 1. The number of hydrogen-bond acceptors (Lipinski definition) is 8. The first kappa shape index (κ1) is 55.6. The lowest BCUT2D eigenvalue weighted by atomic mass is 9.89. The van der Waals surface area contributed by atoms with E-state index in [9.17, 15) is 14.4 Å². The minimum absolute atomic E-state index is 0.0302. The first-order chi connectivity index (χ1) is 28.4. The molecule has 0 atom stereocenters. The van der Waals surface area contributed by atoms with Crippen LogP contribution in [0.1, 0.15) is 239 Å². The lowest BCUT2D eigenvalue weighted by Crippen LogP contribution is -2.37. The number of ether oxygens (including phenoxy) is 1. The maximum atomic E-state index is 12.1. The minimum Gasteiger partial charge on any atom is -0.483 e. The monoisotopic (exact) mass is 820 g/mol. The molecule has 1 rings (SSSR count). The van der Waals surface area contributed by atoms with Crippen molar-refractivity contribution in [2.24, 2.45) is 5.92 Å². The molecule has 0 saturated heterocycles. The highest BCUT2D eigenvalue weighted by Crippen LogP contribution is 2.25. The number of nitrogens with two attached hydrogens (primary N) is 1. The highest BCUT2D eigenvalue weighted by Gasteiger charge is 2.17. The topological polar surface area (TPSA) is 139 Å². The molecule has 0 fully saturated rings. The number of nitrogen functional groups attached to an aromatic ring is 1. The van der Waals surface area contributed by atoms with Crippen LogP contribution in [0.25, 0.3) is 0 Å². The van der Waals surface area contributed by atoms with Gasteiger partial charge in [0.1, 0.15) is 11.4 Å². The van der Waals surface area contributed by atoms with Crippen LogP contribution in [0.15, 0.2) is 9.59 Å². The Hall–Kier alpha value is -2.42. The van der Waals surface area contributed by atoms with Crippen LogP contribution in [0.4, 0.5) is 11.4 Å². The minimum atomic E-state index is -0.560. The van der Waals surface area contributed by atoms with Gasteiger partial charge in [-0.15, -0.1) is 0 Å². The number of rotatable bonds is 43. The molecule has 1 aromatic rings. The molecule has 9 nitrogen and oxygen atoms in total. The summed E-state index contributed by atoms with van der Waals surface area (Å²) in [5.41, 5.74) is 5.06. The standard InChI is InChI=1S/C48H91N3O4.CH2O2/c1-4-7-10-13-16-25-32-42-55-44(52)37-29-22-18-24-31-40-51(41-33-38-50-46-45(49)47(53)48(46)54)39-30-23-17-21-28-36-43(34-26-19-14-11-8-5-2)35-27-20-15-12-9-6-3;2-1-3/h43,50H,4-42,49H2,1-3H3;1H,(H,2,3). The highest BCUT2D eigenvalue weighted by atomic mass is 16.5. The van der Waals surface area contributed by atoms with Gasteiger partial charge in [0.2, 0.25) is 0 Å². The molecule has 0 heterocycles. The lowest BCUT2D eigenvalue weighted by Gasteiger charge is -2.23. The van der Waals surface area contributed by atoms with Gasteiger partial charge in [0, 0.05) is 13.0 Å². The van der Waals surface area contributed by atoms with Crippen LogP contribution in [0.2, 0.25) is 0 Å². The van der Waals surface area contributed by atoms with E-state index in [0.717, 1.165) is 64.1 Å². The number of esters is 1. The second-order valence-electron chi connectivity index (χ2n) is 17.1. The van der Waals surface area contributed by atoms with E-state index in [4.69, 9.17) is 20.4 Å². The van der Waals surface area contributed by atoms with Crippen LogP contribution in [0, 0.1) is 5.92 Å². The van der Waals surface area contributed by atoms with Crippen molar-refractivity contribution in [3.63, 3.8) is 0 Å². The van der Waals surface area contributed by atoms with Crippen molar-refractivity contribution < 1.29 is 19.4 Å². The fraction of sp³-hybridized carbons (Fsp3) is 0.878. The van der Waals surface area contributed by atoms with Crippen molar-refractivity contribution in [2.45, 2.75) is 239 Å². The summed E-state index contributed by atoms with van der Waals surface area (Å²) in [6.45, 7) is 11.0. The summed E-state index contributed by atoms with van der Waals surface area (Å²) in [4.78, 5) is 46.3. The quantitative estimate of drug-likeness (QED) is 0.0254.